The maximum Gasteiger partial charge on any atom is 0.101 e. The van der Waals surface area contributed by atoms with E-state index in [9.17, 15) is 0 Å². The monoisotopic (exact) mass is 294 g/mol. The van der Waals surface area contributed by atoms with E-state index in [2.05, 4.69) is 62.5 Å². The Morgan fingerprint density at radius 1 is 0.909 bits per heavy atom. The van der Waals surface area contributed by atoms with Crippen molar-refractivity contribution < 1.29 is 0 Å². The van der Waals surface area contributed by atoms with Crippen molar-refractivity contribution in [2.45, 2.75) is 39.7 Å². The fraction of sp³-hybridized carbons (Fsp3) is 0.350. The summed E-state index contributed by atoms with van der Waals surface area (Å²) >= 11 is 0. The van der Waals surface area contributed by atoms with Crippen LogP contribution in [0.5, 0.6) is 0 Å². The number of rotatable bonds is 6. The van der Waals surface area contributed by atoms with Crippen molar-refractivity contribution in [2.75, 3.05) is 0 Å². The van der Waals surface area contributed by atoms with Crippen LogP contribution in [0.2, 0.25) is 0 Å². The smallest absolute Gasteiger partial charge is 0.101 e. The van der Waals surface area contributed by atoms with Gasteiger partial charge in [-0.2, -0.15) is 0 Å². The van der Waals surface area contributed by atoms with E-state index < -0.39 is 0 Å². The van der Waals surface area contributed by atoms with Gasteiger partial charge in [-0.25, -0.2) is 0 Å². The van der Waals surface area contributed by atoms with Crippen molar-refractivity contribution in [3.63, 3.8) is 0 Å². The minimum Gasteiger partial charge on any atom is -0.369 e. The van der Waals surface area contributed by atoms with E-state index in [1.54, 1.807) is 0 Å². The molecule has 0 bridgehead atoms. The molecule has 0 fully saturated rings. The highest BCUT2D eigenvalue weighted by Gasteiger charge is 2.11. The van der Waals surface area contributed by atoms with Gasteiger partial charge in [0.25, 0.3) is 0 Å². The molecule has 2 N–H and O–H groups in total. The van der Waals surface area contributed by atoms with Gasteiger partial charge in [0.2, 0.25) is 0 Å². The second kappa shape index (κ2) is 7.79. The summed E-state index contributed by atoms with van der Waals surface area (Å²) in [6, 6.07) is 18.9. The first kappa shape index (κ1) is 16.3. The molecule has 2 nitrogen and oxygen atoms in total. The summed E-state index contributed by atoms with van der Waals surface area (Å²) in [6.45, 7) is 7.26. The molecule has 2 aromatic rings. The van der Waals surface area contributed by atoms with Crippen LogP contribution in [0.1, 0.15) is 43.4 Å². The first-order valence-corrected chi connectivity index (χ1v) is 8.01. The lowest BCUT2D eigenvalue weighted by Gasteiger charge is -2.16. The molecule has 0 aliphatic carbocycles. The topological polar surface area (TPSA) is 35.9 Å². The molecule has 2 rings (SSSR count). The molecule has 0 radical (unpaired) electrons. The molecule has 1 unspecified atom stereocenters. The van der Waals surface area contributed by atoms with Crippen molar-refractivity contribution in [3.8, 4) is 0 Å². The second-order valence-electron chi connectivity index (χ2n) is 6.31. The highest BCUT2D eigenvalue weighted by molar-refractivity contribution is 5.85. The van der Waals surface area contributed by atoms with Crippen molar-refractivity contribution in [3.05, 3.63) is 71.3 Å². The summed E-state index contributed by atoms with van der Waals surface area (Å²) in [7, 11) is 0. The van der Waals surface area contributed by atoms with Crippen molar-refractivity contribution >= 4 is 5.84 Å². The highest BCUT2D eigenvalue weighted by atomic mass is 14.9. The molecule has 0 saturated carbocycles. The summed E-state index contributed by atoms with van der Waals surface area (Å²) in [5.74, 6) is 1.34. The zero-order valence-electron chi connectivity index (χ0n) is 13.8. The van der Waals surface area contributed by atoms with Crippen LogP contribution >= 0.6 is 0 Å². The van der Waals surface area contributed by atoms with Gasteiger partial charge in [0.05, 0.1) is 0 Å². The molecule has 0 saturated heterocycles. The predicted octanol–water partition coefficient (Wildman–Crippen LogP) is 4.76. The van der Waals surface area contributed by atoms with Crippen LogP contribution in [0, 0.1) is 11.3 Å². The molecule has 1 atom stereocenters. The van der Waals surface area contributed by atoms with E-state index in [1.807, 2.05) is 18.2 Å². The van der Waals surface area contributed by atoms with Crippen LogP contribution in [-0.4, -0.2) is 5.84 Å². The molecular weight excluding hydrogens is 268 g/mol. The summed E-state index contributed by atoms with van der Waals surface area (Å²) in [6.07, 6.45) is 1.11. The van der Waals surface area contributed by atoms with E-state index in [-0.39, 0.29) is 5.92 Å². The highest BCUT2D eigenvalue weighted by Crippen LogP contribution is 2.18. The fourth-order valence-electron chi connectivity index (χ4n) is 2.53. The van der Waals surface area contributed by atoms with Gasteiger partial charge in [0, 0.05) is 12.5 Å². The van der Waals surface area contributed by atoms with E-state index in [1.165, 1.54) is 16.7 Å². The van der Waals surface area contributed by atoms with Gasteiger partial charge in [0.1, 0.15) is 5.84 Å². The Labute approximate surface area is 134 Å². The van der Waals surface area contributed by atoms with Gasteiger partial charge < -0.3 is 5.32 Å². The largest absolute Gasteiger partial charge is 0.369 e. The van der Waals surface area contributed by atoms with Crippen LogP contribution < -0.4 is 5.32 Å². The second-order valence-corrected chi connectivity index (χ2v) is 6.31. The Balaban J connectivity index is 1.92. The number of benzene rings is 2. The maximum absolute atomic E-state index is 8.24. The van der Waals surface area contributed by atoms with E-state index in [0.717, 1.165) is 6.42 Å². The summed E-state index contributed by atoms with van der Waals surface area (Å²) < 4.78 is 0. The SMILES string of the molecule is CC(C)Cc1ccc(C(C)C(=N)NCc2ccccc2)cc1. The van der Waals surface area contributed by atoms with Gasteiger partial charge in [-0.15, -0.1) is 0 Å². The fourth-order valence-corrected chi connectivity index (χ4v) is 2.53. The Hall–Kier alpha value is -2.09. The van der Waals surface area contributed by atoms with Crippen molar-refractivity contribution in [1.82, 2.24) is 5.32 Å². The van der Waals surface area contributed by atoms with Gasteiger partial charge in [-0.05, 0) is 29.0 Å². The van der Waals surface area contributed by atoms with Crippen molar-refractivity contribution in [1.29, 1.82) is 5.41 Å². The molecule has 22 heavy (non-hydrogen) atoms. The Kier molecular flexibility index (Phi) is 5.76. The molecule has 0 amide bonds. The van der Waals surface area contributed by atoms with E-state index >= 15 is 0 Å². The Morgan fingerprint density at radius 3 is 2.14 bits per heavy atom. The maximum atomic E-state index is 8.24. The summed E-state index contributed by atoms with van der Waals surface area (Å²) in [5.41, 5.74) is 3.76. The van der Waals surface area contributed by atoms with Gasteiger partial charge >= 0.3 is 0 Å². The van der Waals surface area contributed by atoms with Crippen LogP contribution in [0.4, 0.5) is 0 Å². The van der Waals surface area contributed by atoms with Crippen LogP contribution in [0.3, 0.4) is 0 Å². The predicted molar refractivity (Wildman–Crippen MR) is 94.4 cm³/mol. The molecule has 2 aromatic carbocycles. The zero-order valence-corrected chi connectivity index (χ0v) is 13.8. The van der Waals surface area contributed by atoms with Gasteiger partial charge in [0.15, 0.2) is 0 Å². The molecular formula is C20H26N2. The van der Waals surface area contributed by atoms with Crippen LogP contribution in [0.25, 0.3) is 0 Å². The standard InChI is InChI=1S/C20H26N2/c1-15(2)13-17-9-11-19(12-10-17)16(3)20(21)22-14-18-7-5-4-6-8-18/h4-12,15-16H,13-14H2,1-3H3,(H2,21,22). The molecule has 0 aliphatic rings. The lowest BCUT2D eigenvalue weighted by molar-refractivity contribution is 0.647. The number of amidine groups is 1. The quantitative estimate of drug-likeness (QED) is 0.585. The molecule has 0 aromatic heterocycles. The number of hydrogen-bond acceptors (Lipinski definition) is 1. The number of hydrogen-bond donors (Lipinski definition) is 2. The molecule has 2 heteroatoms. The van der Waals surface area contributed by atoms with Gasteiger partial charge in [-0.3, -0.25) is 5.41 Å². The number of nitrogens with one attached hydrogen (secondary N) is 2. The van der Waals surface area contributed by atoms with E-state index in [4.69, 9.17) is 5.41 Å². The Morgan fingerprint density at radius 2 is 1.55 bits per heavy atom. The molecule has 0 spiro atoms. The zero-order chi connectivity index (χ0) is 15.9. The third-order valence-corrected chi connectivity index (χ3v) is 3.88. The minimum atomic E-state index is 0.0943. The average molecular weight is 294 g/mol. The van der Waals surface area contributed by atoms with Gasteiger partial charge in [-0.1, -0.05) is 75.4 Å². The van der Waals surface area contributed by atoms with E-state index in [0.29, 0.717) is 18.3 Å². The lowest BCUT2D eigenvalue weighted by Crippen LogP contribution is -2.26. The first-order valence-electron chi connectivity index (χ1n) is 8.01. The molecule has 0 heterocycles. The van der Waals surface area contributed by atoms with Crippen LogP contribution in [-0.2, 0) is 13.0 Å². The Bertz CT molecular complexity index is 585. The summed E-state index contributed by atoms with van der Waals surface area (Å²) in [5, 5.41) is 11.5. The minimum absolute atomic E-state index is 0.0943. The van der Waals surface area contributed by atoms with Crippen LogP contribution in [0.15, 0.2) is 54.6 Å². The normalized spacial score (nSPS) is 12.2. The third-order valence-electron chi connectivity index (χ3n) is 3.88. The molecule has 0 aliphatic heterocycles. The summed E-state index contributed by atoms with van der Waals surface area (Å²) in [4.78, 5) is 0. The third kappa shape index (κ3) is 4.73. The lowest BCUT2D eigenvalue weighted by atomic mass is 9.96. The molecule has 116 valence electrons. The first-order chi connectivity index (χ1) is 10.6. The average Bonchev–Trinajstić information content (AvgIpc) is 2.53. The van der Waals surface area contributed by atoms with Crippen molar-refractivity contribution in [2.24, 2.45) is 5.92 Å².